The van der Waals surface area contributed by atoms with E-state index in [1.54, 1.807) is 6.33 Å². The maximum absolute atomic E-state index is 4.28. The van der Waals surface area contributed by atoms with Crippen LogP contribution in [-0.4, -0.2) is 32.3 Å². The number of likely N-dealkylation sites (N-methyl/N-ethyl adjacent to an activating group) is 1. The highest BCUT2D eigenvalue weighted by Crippen LogP contribution is 2.06. The van der Waals surface area contributed by atoms with Crippen LogP contribution >= 0.6 is 0 Å². The van der Waals surface area contributed by atoms with Crippen molar-refractivity contribution >= 4 is 0 Å². The standard InChI is InChI=1S/C13H19N5/c1-3-15-12(8-11-4-6-14-7-5-11)9-13-16-10-17-18(13)2/h4-7,10,12,15H,3,8-9H2,1-2H3. The Hall–Kier alpha value is -1.75. The molecule has 18 heavy (non-hydrogen) atoms. The third-order valence-electron chi connectivity index (χ3n) is 2.96. The van der Waals surface area contributed by atoms with Gasteiger partial charge in [-0.05, 0) is 30.7 Å². The molecular formula is C13H19N5. The van der Waals surface area contributed by atoms with Crippen LogP contribution < -0.4 is 5.32 Å². The van der Waals surface area contributed by atoms with Crippen molar-refractivity contribution < 1.29 is 0 Å². The molecule has 2 rings (SSSR count). The number of aromatic nitrogens is 4. The Labute approximate surface area is 107 Å². The van der Waals surface area contributed by atoms with Crippen molar-refractivity contribution in [3.63, 3.8) is 0 Å². The summed E-state index contributed by atoms with van der Waals surface area (Å²) in [6.45, 7) is 3.07. The van der Waals surface area contributed by atoms with Crippen LogP contribution in [0.15, 0.2) is 30.9 Å². The predicted octanol–water partition coefficient (Wildman–Crippen LogP) is 0.973. The molecule has 0 amide bonds. The van der Waals surface area contributed by atoms with E-state index in [2.05, 4.69) is 39.4 Å². The summed E-state index contributed by atoms with van der Waals surface area (Å²) in [5.74, 6) is 1.01. The molecule has 0 spiro atoms. The lowest BCUT2D eigenvalue weighted by Gasteiger charge is -2.17. The zero-order chi connectivity index (χ0) is 12.8. The van der Waals surface area contributed by atoms with Crippen LogP contribution in [-0.2, 0) is 19.9 Å². The van der Waals surface area contributed by atoms with Crippen LogP contribution in [0.4, 0.5) is 0 Å². The molecule has 0 saturated carbocycles. The Balaban J connectivity index is 2.02. The van der Waals surface area contributed by atoms with Gasteiger partial charge >= 0.3 is 0 Å². The highest BCUT2D eigenvalue weighted by molar-refractivity contribution is 5.12. The van der Waals surface area contributed by atoms with Crippen LogP contribution in [0.2, 0.25) is 0 Å². The zero-order valence-corrected chi connectivity index (χ0v) is 10.9. The Morgan fingerprint density at radius 1 is 1.28 bits per heavy atom. The van der Waals surface area contributed by atoms with Crippen LogP contribution in [0.1, 0.15) is 18.3 Å². The highest BCUT2D eigenvalue weighted by atomic mass is 15.3. The van der Waals surface area contributed by atoms with Gasteiger partial charge in [0.25, 0.3) is 0 Å². The summed E-state index contributed by atoms with van der Waals surface area (Å²) in [6.07, 6.45) is 7.13. The summed E-state index contributed by atoms with van der Waals surface area (Å²) in [7, 11) is 1.93. The van der Waals surface area contributed by atoms with E-state index in [9.17, 15) is 0 Å². The fourth-order valence-electron chi connectivity index (χ4n) is 2.03. The summed E-state index contributed by atoms with van der Waals surface area (Å²) in [4.78, 5) is 8.32. The number of nitrogens with zero attached hydrogens (tertiary/aromatic N) is 4. The van der Waals surface area contributed by atoms with Crippen LogP contribution in [0.25, 0.3) is 0 Å². The van der Waals surface area contributed by atoms with E-state index in [0.29, 0.717) is 6.04 Å². The first-order chi connectivity index (χ1) is 8.79. The van der Waals surface area contributed by atoms with Crippen molar-refractivity contribution in [1.29, 1.82) is 0 Å². The van der Waals surface area contributed by atoms with Gasteiger partial charge in [-0.1, -0.05) is 6.92 Å². The minimum atomic E-state index is 0.375. The molecule has 2 aromatic heterocycles. The monoisotopic (exact) mass is 245 g/mol. The van der Waals surface area contributed by atoms with Crippen molar-refractivity contribution in [2.75, 3.05) is 6.54 Å². The third-order valence-corrected chi connectivity index (χ3v) is 2.96. The second kappa shape index (κ2) is 6.26. The molecule has 0 saturated heterocycles. The number of hydrogen-bond donors (Lipinski definition) is 1. The first-order valence-electron chi connectivity index (χ1n) is 6.24. The summed E-state index contributed by atoms with van der Waals surface area (Å²) < 4.78 is 1.83. The molecule has 0 bridgehead atoms. The molecule has 0 radical (unpaired) electrons. The number of aryl methyl sites for hydroxylation is 1. The second-order valence-electron chi connectivity index (χ2n) is 4.32. The highest BCUT2D eigenvalue weighted by Gasteiger charge is 2.12. The van der Waals surface area contributed by atoms with Gasteiger partial charge in [0.15, 0.2) is 0 Å². The lowest BCUT2D eigenvalue weighted by atomic mass is 10.0. The average Bonchev–Trinajstić information content (AvgIpc) is 2.77. The molecule has 0 aliphatic rings. The molecule has 0 fully saturated rings. The van der Waals surface area contributed by atoms with Gasteiger partial charge in [0.1, 0.15) is 12.2 Å². The van der Waals surface area contributed by atoms with E-state index in [-0.39, 0.29) is 0 Å². The van der Waals surface area contributed by atoms with E-state index in [1.807, 2.05) is 24.1 Å². The normalized spacial score (nSPS) is 12.6. The third kappa shape index (κ3) is 3.37. The summed E-state index contributed by atoms with van der Waals surface area (Å²) in [5, 5.41) is 7.60. The minimum absolute atomic E-state index is 0.375. The van der Waals surface area contributed by atoms with Crippen molar-refractivity contribution in [3.8, 4) is 0 Å². The zero-order valence-electron chi connectivity index (χ0n) is 10.9. The maximum Gasteiger partial charge on any atom is 0.138 e. The van der Waals surface area contributed by atoms with E-state index in [1.165, 1.54) is 5.56 Å². The first-order valence-corrected chi connectivity index (χ1v) is 6.24. The lowest BCUT2D eigenvalue weighted by Crippen LogP contribution is -2.34. The van der Waals surface area contributed by atoms with Gasteiger partial charge in [0.05, 0.1) is 0 Å². The number of rotatable bonds is 6. The Morgan fingerprint density at radius 3 is 2.67 bits per heavy atom. The summed E-state index contributed by atoms with van der Waals surface area (Å²) in [6, 6.07) is 4.49. The maximum atomic E-state index is 4.28. The Kier molecular flexibility index (Phi) is 4.41. The van der Waals surface area contributed by atoms with Gasteiger partial charge in [-0.2, -0.15) is 5.10 Å². The fourth-order valence-corrected chi connectivity index (χ4v) is 2.03. The first kappa shape index (κ1) is 12.7. The van der Waals surface area contributed by atoms with Crippen LogP contribution in [0, 0.1) is 0 Å². The Bertz CT molecular complexity index is 465. The lowest BCUT2D eigenvalue weighted by molar-refractivity contribution is 0.499. The largest absolute Gasteiger partial charge is 0.313 e. The summed E-state index contributed by atoms with van der Waals surface area (Å²) in [5.41, 5.74) is 1.29. The number of pyridine rings is 1. The Morgan fingerprint density at radius 2 is 2.06 bits per heavy atom. The van der Waals surface area contributed by atoms with Crippen LogP contribution in [0.3, 0.4) is 0 Å². The molecule has 0 aliphatic heterocycles. The van der Waals surface area contributed by atoms with E-state index < -0.39 is 0 Å². The SMILES string of the molecule is CCNC(Cc1ccncc1)Cc1ncnn1C. The minimum Gasteiger partial charge on any atom is -0.313 e. The van der Waals surface area contributed by atoms with Gasteiger partial charge in [-0.3, -0.25) is 9.67 Å². The van der Waals surface area contributed by atoms with E-state index in [0.717, 1.165) is 25.2 Å². The molecule has 5 nitrogen and oxygen atoms in total. The number of nitrogens with one attached hydrogen (secondary N) is 1. The number of hydrogen-bond acceptors (Lipinski definition) is 4. The molecule has 1 N–H and O–H groups in total. The topological polar surface area (TPSA) is 55.6 Å². The molecule has 0 aromatic carbocycles. The molecular weight excluding hydrogens is 226 g/mol. The molecule has 0 aliphatic carbocycles. The van der Waals surface area contributed by atoms with Crippen molar-refractivity contribution in [2.24, 2.45) is 7.05 Å². The van der Waals surface area contributed by atoms with E-state index >= 15 is 0 Å². The summed E-state index contributed by atoms with van der Waals surface area (Å²) >= 11 is 0. The average molecular weight is 245 g/mol. The van der Waals surface area contributed by atoms with Crippen molar-refractivity contribution in [3.05, 3.63) is 42.2 Å². The molecule has 5 heteroatoms. The van der Waals surface area contributed by atoms with Crippen LogP contribution in [0.5, 0.6) is 0 Å². The second-order valence-corrected chi connectivity index (χ2v) is 4.32. The van der Waals surface area contributed by atoms with Gasteiger partial charge < -0.3 is 5.32 Å². The quantitative estimate of drug-likeness (QED) is 0.824. The van der Waals surface area contributed by atoms with Gasteiger partial charge in [-0.15, -0.1) is 0 Å². The molecule has 1 atom stereocenters. The molecule has 96 valence electrons. The predicted molar refractivity (Wildman–Crippen MR) is 70.1 cm³/mol. The van der Waals surface area contributed by atoms with Gasteiger partial charge in [-0.25, -0.2) is 4.98 Å². The van der Waals surface area contributed by atoms with Crippen molar-refractivity contribution in [2.45, 2.75) is 25.8 Å². The van der Waals surface area contributed by atoms with Gasteiger partial charge in [0.2, 0.25) is 0 Å². The smallest absolute Gasteiger partial charge is 0.138 e. The molecule has 1 unspecified atom stereocenters. The fraction of sp³-hybridized carbons (Fsp3) is 0.462. The molecule has 2 aromatic rings. The van der Waals surface area contributed by atoms with Gasteiger partial charge in [0, 0.05) is 31.9 Å². The van der Waals surface area contributed by atoms with E-state index in [4.69, 9.17) is 0 Å². The van der Waals surface area contributed by atoms with Crippen molar-refractivity contribution in [1.82, 2.24) is 25.1 Å². The molecule has 2 heterocycles.